The molecule has 1 heterocycles. The van der Waals surface area contributed by atoms with Crippen molar-refractivity contribution in [3.63, 3.8) is 0 Å². The molecule has 3 aromatic carbocycles. The van der Waals surface area contributed by atoms with Crippen LogP contribution in [0.25, 0.3) is 0 Å². The van der Waals surface area contributed by atoms with Crippen LogP contribution in [0.2, 0.25) is 0 Å². The van der Waals surface area contributed by atoms with Gasteiger partial charge in [-0.15, -0.1) is 0 Å². The molecule has 1 amide bonds. The first kappa shape index (κ1) is 20.6. The number of amides is 1. The van der Waals surface area contributed by atoms with E-state index in [1.165, 1.54) is 4.90 Å². The van der Waals surface area contributed by atoms with Gasteiger partial charge >= 0.3 is 6.08 Å². The first-order valence-electron chi connectivity index (χ1n) is 9.84. The van der Waals surface area contributed by atoms with E-state index in [1.807, 2.05) is 12.1 Å². The number of methoxy groups -OCH3 is 1. The lowest BCUT2D eigenvalue weighted by Gasteiger charge is -2.47. The minimum atomic E-state index is -1.99. The second-order valence-electron chi connectivity index (χ2n) is 7.14. The molecule has 0 spiro atoms. The SMILES string of the molecule is COc1ccc([C@@H]2[C@@H](C(OCc3ccccc3)=C(F)F)C(=O)N2c2ccccc2)cc1. The average molecular weight is 421 g/mol. The number of anilines is 1. The zero-order valence-corrected chi connectivity index (χ0v) is 16.9. The molecule has 0 saturated carbocycles. The Morgan fingerprint density at radius 2 is 1.52 bits per heavy atom. The summed E-state index contributed by atoms with van der Waals surface area (Å²) < 4.78 is 38.6. The van der Waals surface area contributed by atoms with Gasteiger partial charge in [-0.2, -0.15) is 8.78 Å². The smallest absolute Gasteiger partial charge is 0.308 e. The Labute approximate surface area is 179 Å². The van der Waals surface area contributed by atoms with Gasteiger partial charge in [0.25, 0.3) is 0 Å². The van der Waals surface area contributed by atoms with Gasteiger partial charge in [0, 0.05) is 5.69 Å². The molecule has 6 heteroatoms. The van der Waals surface area contributed by atoms with Gasteiger partial charge in [-0.05, 0) is 35.4 Å². The number of hydrogen-bond donors (Lipinski definition) is 0. The Morgan fingerprint density at radius 1 is 0.903 bits per heavy atom. The minimum Gasteiger partial charge on any atom is -0.497 e. The highest BCUT2D eigenvalue weighted by atomic mass is 19.3. The Bertz CT molecular complexity index is 1060. The summed E-state index contributed by atoms with van der Waals surface area (Å²) in [5.74, 6) is -1.47. The molecule has 4 rings (SSSR count). The van der Waals surface area contributed by atoms with E-state index in [1.54, 1.807) is 79.9 Å². The molecule has 0 radical (unpaired) electrons. The number of β-lactam (4-membered cyclic amide) rings is 1. The largest absolute Gasteiger partial charge is 0.497 e. The lowest BCUT2D eigenvalue weighted by Crippen LogP contribution is -2.56. The molecule has 158 valence electrons. The third-order valence-corrected chi connectivity index (χ3v) is 5.29. The number of carbonyl (C=O) groups excluding carboxylic acids is 1. The van der Waals surface area contributed by atoms with Crippen LogP contribution in [0.1, 0.15) is 17.2 Å². The molecule has 1 aliphatic rings. The van der Waals surface area contributed by atoms with Gasteiger partial charge in [0.2, 0.25) is 5.91 Å². The molecule has 1 fully saturated rings. The maximum absolute atomic E-state index is 13.9. The van der Waals surface area contributed by atoms with Crippen molar-refractivity contribution >= 4 is 11.6 Å². The van der Waals surface area contributed by atoms with Gasteiger partial charge < -0.3 is 14.4 Å². The summed E-state index contributed by atoms with van der Waals surface area (Å²) in [5.41, 5.74) is 2.11. The Kier molecular flexibility index (Phi) is 5.98. The van der Waals surface area contributed by atoms with E-state index >= 15 is 0 Å². The molecule has 0 N–H and O–H groups in total. The quantitative estimate of drug-likeness (QED) is 0.362. The molecular formula is C25H21F2NO3. The van der Waals surface area contributed by atoms with Gasteiger partial charge in [0.05, 0.1) is 13.2 Å². The lowest BCUT2D eigenvalue weighted by atomic mass is 9.80. The summed E-state index contributed by atoms with van der Waals surface area (Å²) >= 11 is 0. The van der Waals surface area contributed by atoms with Crippen molar-refractivity contribution in [3.8, 4) is 5.75 Å². The van der Waals surface area contributed by atoms with E-state index < -0.39 is 29.7 Å². The topological polar surface area (TPSA) is 38.8 Å². The predicted molar refractivity (Wildman–Crippen MR) is 114 cm³/mol. The summed E-state index contributed by atoms with van der Waals surface area (Å²) in [4.78, 5) is 14.6. The third kappa shape index (κ3) is 4.14. The van der Waals surface area contributed by atoms with Crippen LogP contribution in [0.4, 0.5) is 14.5 Å². The van der Waals surface area contributed by atoms with Crippen LogP contribution in [0.15, 0.2) is 96.8 Å². The van der Waals surface area contributed by atoms with Crippen molar-refractivity contribution in [1.29, 1.82) is 0 Å². The van der Waals surface area contributed by atoms with Crippen LogP contribution in [0.5, 0.6) is 5.75 Å². The molecule has 0 aliphatic carbocycles. The maximum atomic E-state index is 13.9. The number of hydrogen-bond acceptors (Lipinski definition) is 3. The third-order valence-electron chi connectivity index (χ3n) is 5.29. The van der Waals surface area contributed by atoms with Crippen molar-refractivity contribution in [2.24, 2.45) is 5.92 Å². The number of halogens is 2. The first-order chi connectivity index (χ1) is 15.1. The second kappa shape index (κ2) is 9.00. The van der Waals surface area contributed by atoms with Crippen molar-refractivity contribution in [3.05, 3.63) is 108 Å². The van der Waals surface area contributed by atoms with Crippen LogP contribution < -0.4 is 9.64 Å². The molecule has 1 aliphatic heterocycles. The van der Waals surface area contributed by atoms with Gasteiger partial charge in [-0.3, -0.25) is 4.79 Å². The number of para-hydroxylation sites is 1. The Hall–Kier alpha value is -3.67. The van der Waals surface area contributed by atoms with E-state index in [-0.39, 0.29) is 6.61 Å². The van der Waals surface area contributed by atoms with E-state index in [9.17, 15) is 13.6 Å². The second-order valence-corrected chi connectivity index (χ2v) is 7.14. The zero-order valence-electron chi connectivity index (χ0n) is 16.9. The highest BCUT2D eigenvalue weighted by molar-refractivity contribution is 6.04. The van der Waals surface area contributed by atoms with Crippen LogP contribution in [-0.2, 0) is 16.1 Å². The lowest BCUT2D eigenvalue weighted by molar-refractivity contribution is -0.131. The van der Waals surface area contributed by atoms with Gasteiger partial charge in [-0.1, -0.05) is 60.7 Å². The molecule has 31 heavy (non-hydrogen) atoms. The number of benzene rings is 3. The molecular weight excluding hydrogens is 400 g/mol. The highest BCUT2D eigenvalue weighted by Gasteiger charge is 2.53. The maximum Gasteiger partial charge on any atom is 0.308 e. The minimum absolute atomic E-state index is 0.0437. The van der Waals surface area contributed by atoms with Crippen molar-refractivity contribution in [1.82, 2.24) is 0 Å². The molecule has 0 aromatic heterocycles. The number of nitrogens with zero attached hydrogens (tertiary/aromatic N) is 1. The first-order valence-corrected chi connectivity index (χ1v) is 9.84. The van der Waals surface area contributed by atoms with Gasteiger partial charge in [0.15, 0.2) is 5.76 Å². The standard InChI is InChI=1S/C25H21F2NO3/c1-30-20-14-12-18(13-15-20)22-21(25(29)28(22)19-10-6-3-7-11-19)23(24(26)27)31-16-17-8-4-2-5-9-17/h2-15,21-22H,16H2,1H3/t21-,22+/m0/s1. The summed E-state index contributed by atoms with van der Waals surface area (Å²) in [6.45, 7) is -0.0437. The predicted octanol–water partition coefficient (Wildman–Crippen LogP) is 5.72. The molecule has 2 atom stereocenters. The van der Waals surface area contributed by atoms with E-state index in [0.29, 0.717) is 11.4 Å². The zero-order chi connectivity index (χ0) is 21.8. The highest BCUT2D eigenvalue weighted by Crippen LogP contribution is 2.48. The molecule has 1 saturated heterocycles. The van der Waals surface area contributed by atoms with Crippen molar-refractivity contribution < 1.29 is 23.0 Å². The molecule has 3 aromatic rings. The van der Waals surface area contributed by atoms with E-state index in [4.69, 9.17) is 9.47 Å². The fourth-order valence-corrected chi connectivity index (χ4v) is 3.76. The summed E-state index contributed by atoms with van der Waals surface area (Å²) in [6, 6.07) is 24.5. The monoisotopic (exact) mass is 421 g/mol. The van der Waals surface area contributed by atoms with Crippen LogP contribution in [0, 0.1) is 5.92 Å². The van der Waals surface area contributed by atoms with Crippen LogP contribution in [0.3, 0.4) is 0 Å². The van der Waals surface area contributed by atoms with Crippen molar-refractivity contribution in [2.45, 2.75) is 12.6 Å². The Morgan fingerprint density at radius 3 is 2.10 bits per heavy atom. The van der Waals surface area contributed by atoms with E-state index in [0.717, 1.165) is 11.1 Å². The van der Waals surface area contributed by atoms with E-state index in [2.05, 4.69) is 0 Å². The summed E-state index contributed by atoms with van der Waals surface area (Å²) in [7, 11) is 1.55. The molecule has 0 bridgehead atoms. The number of ether oxygens (including phenoxy) is 2. The molecule has 0 unspecified atom stereocenters. The average Bonchev–Trinajstić information content (AvgIpc) is 2.81. The van der Waals surface area contributed by atoms with Crippen molar-refractivity contribution in [2.75, 3.05) is 12.0 Å². The fourth-order valence-electron chi connectivity index (χ4n) is 3.76. The Balaban J connectivity index is 1.67. The van der Waals surface area contributed by atoms with Gasteiger partial charge in [0.1, 0.15) is 18.3 Å². The number of rotatable bonds is 7. The van der Waals surface area contributed by atoms with Crippen LogP contribution >= 0.6 is 0 Å². The summed E-state index contributed by atoms with van der Waals surface area (Å²) in [5, 5.41) is 0. The normalized spacial score (nSPS) is 17.6. The fraction of sp³-hybridized carbons (Fsp3) is 0.160. The van der Waals surface area contributed by atoms with Gasteiger partial charge in [-0.25, -0.2) is 0 Å². The van der Waals surface area contributed by atoms with Crippen LogP contribution in [-0.4, -0.2) is 13.0 Å². The summed E-state index contributed by atoms with van der Waals surface area (Å²) in [6.07, 6.45) is -1.99. The number of carbonyl (C=O) groups is 1. The molecule has 4 nitrogen and oxygen atoms in total.